The molecule has 3 aromatic carbocycles. The third kappa shape index (κ3) is 1.21. The molecule has 0 radical (unpaired) electrons. The molecule has 0 N–H and O–H groups in total. The van der Waals surface area contributed by atoms with Crippen molar-refractivity contribution in [3.8, 4) is 0 Å². The van der Waals surface area contributed by atoms with Crippen molar-refractivity contribution in [2.24, 2.45) is 7.05 Å². The first-order chi connectivity index (χ1) is 10.3. The van der Waals surface area contributed by atoms with Gasteiger partial charge in [-0.3, -0.25) is 0 Å². The smallest absolute Gasteiger partial charge is 0.225 e. The zero-order chi connectivity index (χ0) is 14.1. The minimum Gasteiger partial charge on any atom is -0.456 e. The summed E-state index contributed by atoms with van der Waals surface area (Å²) in [4.78, 5) is 0. The van der Waals surface area contributed by atoms with Gasteiger partial charge in [-0.25, -0.2) is 4.57 Å². The van der Waals surface area contributed by atoms with Gasteiger partial charge in [-0.15, -0.1) is 0 Å². The van der Waals surface area contributed by atoms with E-state index in [1.54, 1.807) is 0 Å². The molecule has 0 aliphatic heterocycles. The van der Waals surface area contributed by atoms with E-state index in [2.05, 4.69) is 67.2 Å². The van der Waals surface area contributed by atoms with E-state index in [0.29, 0.717) is 0 Å². The van der Waals surface area contributed by atoms with Gasteiger partial charge < -0.3 is 4.42 Å². The van der Waals surface area contributed by atoms with Gasteiger partial charge >= 0.3 is 0 Å². The number of nitrogens with zero attached hydrogens (tertiary/aromatic N) is 1. The van der Waals surface area contributed by atoms with Gasteiger partial charge in [0.25, 0.3) is 0 Å². The molecule has 0 aliphatic carbocycles. The van der Waals surface area contributed by atoms with Crippen molar-refractivity contribution in [2.45, 2.75) is 6.92 Å². The molecule has 0 spiro atoms. The second kappa shape index (κ2) is 3.53. The largest absolute Gasteiger partial charge is 0.456 e. The van der Waals surface area contributed by atoms with E-state index in [0.717, 1.165) is 11.2 Å². The van der Waals surface area contributed by atoms with Gasteiger partial charge in [0.1, 0.15) is 23.6 Å². The molecule has 2 nitrogen and oxygen atoms in total. The predicted octanol–water partition coefficient (Wildman–Crippen LogP) is 4.46. The monoisotopic (exact) mass is 272 g/mol. The van der Waals surface area contributed by atoms with E-state index in [1.807, 2.05) is 0 Å². The number of benzene rings is 3. The fraction of sp³-hybridized carbons (Fsp3) is 0.105. The molecule has 0 bridgehead atoms. The lowest BCUT2D eigenvalue weighted by Crippen LogP contribution is -2.28. The van der Waals surface area contributed by atoms with Crippen molar-refractivity contribution < 1.29 is 8.98 Å². The van der Waals surface area contributed by atoms with Gasteiger partial charge in [0, 0.05) is 11.5 Å². The van der Waals surface area contributed by atoms with Crippen molar-refractivity contribution in [3.63, 3.8) is 0 Å². The SMILES string of the molecule is Cc1cccc2c3cccc4oc5cc[n+](C)c(c12)c5c43. The van der Waals surface area contributed by atoms with Gasteiger partial charge in [-0.2, -0.15) is 0 Å². The molecule has 0 saturated carbocycles. The topological polar surface area (TPSA) is 17.0 Å². The lowest BCUT2D eigenvalue weighted by molar-refractivity contribution is -0.643. The molecule has 21 heavy (non-hydrogen) atoms. The standard InChI is InChI=1S/C19H14NO/c1-11-5-3-6-12-13-7-4-8-14-17(13)18-15(21-14)9-10-20(2)19(18)16(11)12/h3-10H,1-2H3/q+1. The van der Waals surface area contributed by atoms with Crippen LogP contribution >= 0.6 is 0 Å². The van der Waals surface area contributed by atoms with Crippen LogP contribution in [0, 0.1) is 6.92 Å². The number of furan rings is 1. The normalized spacial score (nSPS) is 12.3. The molecule has 0 aliphatic rings. The van der Waals surface area contributed by atoms with Gasteiger partial charge in [-0.1, -0.05) is 30.3 Å². The maximum absolute atomic E-state index is 6.07. The van der Waals surface area contributed by atoms with Gasteiger partial charge in [0.2, 0.25) is 5.52 Å². The number of hydrogen-bond donors (Lipinski definition) is 0. The first-order valence-corrected chi connectivity index (χ1v) is 7.20. The Balaban J connectivity index is 2.35. The Morgan fingerprint density at radius 3 is 2.38 bits per heavy atom. The Morgan fingerprint density at radius 2 is 1.52 bits per heavy atom. The summed E-state index contributed by atoms with van der Waals surface area (Å²) < 4.78 is 8.27. The number of fused-ring (bicyclic) bond motifs is 3. The highest BCUT2D eigenvalue weighted by atomic mass is 16.3. The van der Waals surface area contributed by atoms with Gasteiger partial charge in [0.15, 0.2) is 6.20 Å². The van der Waals surface area contributed by atoms with Crippen LogP contribution in [0.15, 0.2) is 53.1 Å². The van der Waals surface area contributed by atoms with E-state index in [-0.39, 0.29) is 0 Å². The van der Waals surface area contributed by atoms with Crippen LogP contribution in [0.5, 0.6) is 0 Å². The van der Waals surface area contributed by atoms with Crippen LogP contribution in [0.2, 0.25) is 0 Å². The van der Waals surface area contributed by atoms with Gasteiger partial charge in [0.05, 0.1) is 5.39 Å². The van der Waals surface area contributed by atoms with Gasteiger partial charge in [-0.05, 0) is 29.3 Å². The molecule has 2 heteroatoms. The van der Waals surface area contributed by atoms with Crippen molar-refractivity contribution in [3.05, 3.63) is 54.2 Å². The summed E-state index contributed by atoms with van der Waals surface area (Å²) in [6.07, 6.45) is 2.08. The van der Waals surface area contributed by atoms with E-state index in [9.17, 15) is 0 Å². The van der Waals surface area contributed by atoms with Crippen molar-refractivity contribution >= 4 is 43.6 Å². The van der Waals surface area contributed by atoms with Crippen LogP contribution in [0.4, 0.5) is 0 Å². The highest BCUT2D eigenvalue weighted by Crippen LogP contribution is 2.41. The fourth-order valence-electron chi connectivity index (χ4n) is 3.68. The molecular formula is C19H14NO+. The highest BCUT2D eigenvalue weighted by Gasteiger charge is 2.23. The summed E-state index contributed by atoms with van der Waals surface area (Å²) in [5, 5.41) is 6.40. The Kier molecular flexibility index (Phi) is 1.86. The first kappa shape index (κ1) is 11.1. The molecule has 0 amide bonds. The number of aryl methyl sites for hydroxylation is 2. The maximum Gasteiger partial charge on any atom is 0.225 e. The van der Waals surface area contributed by atoms with Crippen LogP contribution in [-0.4, -0.2) is 0 Å². The average Bonchev–Trinajstić information content (AvgIpc) is 2.87. The molecule has 5 aromatic rings. The van der Waals surface area contributed by atoms with E-state index in [1.165, 1.54) is 38.0 Å². The number of hydrogen-bond acceptors (Lipinski definition) is 1. The summed E-state index contributed by atoms with van der Waals surface area (Å²) in [5.74, 6) is 0. The molecule has 2 aromatic heterocycles. The lowest BCUT2D eigenvalue weighted by Gasteiger charge is -2.08. The Labute approximate surface area is 121 Å². The van der Waals surface area contributed by atoms with Crippen LogP contribution in [0.3, 0.4) is 0 Å². The maximum atomic E-state index is 6.07. The van der Waals surface area contributed by atoms with Crippen LogP contribution in [0.25, 0.3) is 43.6 Å². The van der Waals surface area contributed by atoms with Crippen LogP contribution in [-0.2, 0) is 7.05 Å². The second-order valence-corrected chi connectivity index (χ2v) is 5.79. The zero-order valence-electron chi connectivity index (χ0n) is 12.0. The summed E-state index contributed by atoms with van der Waals surface area (Å²) in [6, 6.07) is 14.9. The van der Waals surface area contributed by atoms with Crippen molar-refractivity contribution in [2.75, 3.05) is 0 Å². The molecule has 0 fully saturated rings. The minimum atomic E-state index is 0.972. The summed E-state index contributed by atoms with van der Waals surface area (Å²) in [5.41, 5.74) is 4.51. The number of rotatable bonds is 0. The molecule has 100 valence electrons. The fourth-order valence-corrected chi connectivity index (χ4v) is 3.68. The summed E-state index contributed by atoms with van der Waals surface area (Å²) in [7, 11) is 2.11. The predicted molar refractivity (Wildman–Crippen MR) is 85.8 cm³/mol. The Bertz CT molecular complexity index is 1150. The molecular weight excluding hydrogens is 258 g/mol. The van der Waals surface area contributed by atoms with Crippen molar-refractivity contribution in [1.82, 2.24) is 0 Å². The van der Waals surface area contributed by atoms with E-state index < -0.39 is 0 Å². The van der Waals surface area contributed by atoms with E-state index in [4.69, 9.17) is 4.42 Å². The average molecular weight is 272 g/mol. The quantitative estimate of drug-likeness (QED) is 0.300. The van der Waals surface area contributed by atoms with Crippen LogP contribution < -0.4 is 4.57 Å². The highest BCUT2D eigenvalue weighted by molar-refractivity contribution is 6.31. The molecule has 2 heterocycles. The molecule has 0 atom stereocenters. The number of pyridine rings is 1. The summed E-state index contributed by atoms with van der Waals surface area (Å²) in [6.45, 7) is 2.18. The molecule has 0 unspecified atom stereocenters. The lowest BCUT2D eigenvalue weighted by atomic mass is 9.94. The number of aromatic nitrogens is 1. The summed E-state index contributed by atoms with van der Waals surface area (Å²) >= 11 is 0. The minimum absolute atomic E-state index is 0.972. The Hall–Kier alpha value is -2.61. The zero-order valence-corrected chi connectivity index (χ0v) is 12.0. The van der Waals surface area contributed by atoms with Crippen LogP contribution in [0.1, 0.15) is 5.56 Å². The second-order valence-electron chi connectivity index (χ2n) is 5.79. The molecule has 5 rings (SSSR count). The first-order valence-electron chi connectivity index (χ1n) is 7.20. The van der Waals surface area contributed by atoms with E-state index >= 15 is 0 Å². The Morgan fingerprint density at radius 1 is 0.810 bits per heavy atom. The van der Waals surface area contributed by atoms with Crippen molar-refractivity contribution in [1.29, 1.82) is 0 Å². The molecule has 0 saturated heterocycles. The third-order valence-electron chi connectivity index (χ3n) is 4.58. The third-order valence-corrected chi connectivity index (χ3v) is 4.58.